The van der Waals surface area contributed by atoms with Gasteiger partial charge in [0.25, 0.3) is 0 Å². The Hall–Kier alpha value is -0.450. The van der Waals surface area contributed by atoms with E-state index in [-0.39, 0.29) is 0 Å². The minimum Gasteiger partial charge on any atom is -0.397 e. The van der Waals surface area contributed by atoms with E-state index in [1.54, 1.807) is 0 Å². The first-order chi connectivity index (χ1) is 8.17. The standard InChI is InChI=1S/C14H23IN2/c1-3-5-7-12(6-4-2)17-14-9-8-11(15)10-13(14)16/h8-10,12,17H,3-7,16H2,1-2H3. The molecule has 96 valence electrons. The van der Waals surface area contributed by atoms with Gasteiger partial charge in [-0.15, -0.1) is 0 Å². The summed E-state index contributed by atoms with van der Waals surface area (Å²) in [5, 5.41) is 3.58. The number of nitrogens with two attached hydrogens (primary N) is 1. The quantitative estimate of drug-likeness (QED) is 0.557. The fourth-order valence-electron chi connectivity index (χ4n) is 1.97. The monoisotopic (exact) mass is 346 g/mol. The first-order valence-electron chi connectivity index (χ1n) is 6.49. The lowest BCUT2D eigenvalue weighted by Gasteiger charge is -2.20. The van der Waals surface area contributed by atoms with Gasteiger partial charge in [-0.25, -0.2) is 0 Å². The second-order valence-corrected chi connectivity index (χ2v) is 5.75. The maximum absolute atomic E-state index is 6.03. The Labute approximate surface area is 119 Å². The molecule has 2 nitrogen and oxygen atoms in total. The second-order valence-electron chi connectivity index (χ2n) is 4.50. The van der Waals surface area contributed by atoms with Gasteiger partial charge >= 0.3 is 0 Å². The molecule has 0 amide bonds. The number of rotatable bonds is 7. The van der Waals surface area contributed by atoms with Crippen LogP contribution in [0.4, 0.5) is 11.4 Å². The third kappa shape index (κ3) is 5.15. The van der Waals surface area contributed by atoms with Crippen LogP contribution in [0.15, 0.2) is 18.2 Å². The van der Waals surface area contributed by atoms with E-state index in [9.17, 15) is 0 Å². The first-order valence-corrected chi connectivity index (χ1v) is 7.56. The van der Waals surface area contributed by atoms with Gasteiger partial charge in [0.15, 0.2) is 0 Å². The van der Waals surface area contributed by atoms with Crippen molar-refractivity contribution in [1.82, 2.24) is 0 Å². The van der Waals surface area contributed by atoms with E-state index in [0.29, 0.717) is 6.04 Å². The van der Waals surface area contributed by atoms with Crippen LogP contribution in [-0.2, 0) is 0 Å². The smallest absolute Gasteiger partial charge is 0.0576 e. The van der Waals surface area contributed by atoms with Gasteiger partial charge < -0.3 is 11.1 Å². The number of halogens is 1. The van der Waals surface area contributed by atoms with Gasteiger partial charge in [-0.1, -0.05) is 33.1 Å². The van der Waals surface area contributed by atoms with E-state index in [2.05, 4.69) is 53.9 Å². The molecular weight excluding hydrogens is 323 g/mol. The second kappa shape index (κ2) is 7.80. The first kappa shape index (κ1) is 14.6. The van der Waals surface area contributed by atoms with Gasteiger partial charge in [0.05, 0.1) is 11.4 Å². The van der Waals surface area contributed by atoms with Crippen LogP contribution >= 0.6 is 22.6 Å². The lowest BCUT2D eigenvalue weighted by atomic mass is 10.0. The molecule has 0 saturated heterocycles. The summed E-state index contributed by atoms with van der Waals surface area (Å²) in [4.78, 5) is 0. The van der Waals surface area contributed by atoms with Crippen LogP contribution in [0.25, 0.3) is 0 Å². The predicted molar refractivity (Wildman–Crippen MR) is 85.4 cm³/mol. The number of nitrogen functional groups attached to an aromatic ring is 1. The zero-order valence-electron chi connectivity index (χ0n) is 10.8. The molecule has 0 radical (unpaired) electrons. The Morgan fingerprint density at radius 1 is 1.24 bits per heavy atom. The molecule has 1 unspecified atom stereocenters. The van der Waals surface area contributed by atoms with Crippen molar-refractivity contribution in [2.45, 2.75) is 52.0 Å². The highest BCUT2D eigenvalue weighted by atomic mass is 127. The van der Waals surface area contributed by atoms with Crippen LogP contribution in [0.2, 0.25) is 0 Å². The van der Waals surface area contributed by atoms with Crippen LogP contribution in [0.5, 0.6) is 0 Å². The van der Waals surface area contributed by atoms with Crippen molar-refractivity contribution < 1.29 is 0 Å². The Bertz CT molecular complexity index is 339. The van der Waals surface area contributed by atoms with Crippen LogP contribution in [0, 0.1) is 3.57 Å². The van der Waals surface area contributed by atoms with Crippen LogP contribution in [0.3, 0.4) is 0 Å². The molecule has 0 heterocycles. The molecule has 1 aromatic rings. The molecule has 0 spiro atoms. The van der Waals surface area contributed by atoms with E-state index in [1.807, 2.05) is 6.07 Å². The summed E-state index contributed by atoms with van der Waals surface area (Å²) in [6.07, 6.45) is 6.19. The summed E-state index contributed by atoms with van der Waals surface area (Å²) < 4.78 is 1.19. The fourth-order valence-corrected chi connectivity index (χ4v) is 2.49. The maximum Gasteiger partial charge on any atom is 0.0576 e. The van der Waals surface area contributed by atoms with Crippen molar-refractivity contribution in [1.29, 1.82) is 0 Å². The zero-order chi connectivity index (χ0) is 12.7. The highest BCUT2D eigenvalue weighted by Gasteiger charge is 2.08. The van der Waals surface area contributed by atoms with E-state index < -0.39 is 0 Å². The summed E-state index contributed by atoms with van der Waals surface area (Å²) >= 11 is 2.29. The van der Waals surface area contributed by atoms with Gasteiger partial charge in [0, 0.05) is 9.61 Å². The number of hydrogen-bond acceptors (Lipinski definition) is 2. The molecule has 1 aromatic carbocycles. The minimum absolute atomic E-state index is 0.558. The average Bonchev–Trinajstić information content (AvgIpc) is 2.29. The molecule has 0 aliphatic heterocycles. The maximum atomic E-state index is 6.03. The summed E-state index contributed by atoms with van der Waals surface area (Å²) in [5.41, 5.74) is 7.97. The van der Waals surface area contributed by atoms with Crippen LogP contribution < -0.4 is 11.1 Å². The molecule has 0 aliphatic rings. The van der Waals surface area contributed by atoms with E-state index >= 15 is 0 Å². The summed E-state index contributed by atoms with van der Waals surface area (Å²) in [7, 11) is 0. The predicted octanol–water partition coefficient (Wildman–Crippen LogP) is 4.64. The summed E-state index contributed by atoms with van der Waals surface area (Å²) in [5.74, 6) is 0. The largest absolute Gasteiger partial charge is 0.397 e. The highest BCUT2D eigenvalue weighted by molar-refractivity contribution is 14.1. The topological polar surface area (TPSA) is 38.0 Å². The van der Waals surface area contributed by atoms with Crippen molar-refractivity contribution in [2.24, 2.45) is 0 Å². The van der Waals surface area contributed by atoms with E-state index in [4.69, 9.17) is 5.73 Å². The van der Waals surface area contributed by atoms with E-state index in [1.165, 1.54) is 35.7 Å². The van der Waals surface area contributed by atoms with Crippen LogP contribution in [-0.4, -0.2) is 6.04 Å². The normalized spacial score (nSPS) is 12.4. The molecule has 1 rings (SSSR count). The molecular formula is C14H23IN2. The molecule has 3 heteroatoms. The minimum atomic E-state index is 0.558. The summed E-state index contributed by atoms with van der Waals surface area (Å²) in [6.45, 7) is 4.47. The lowest BCUT2D eigenvalue weighted by Crippen LogP contribution is -2.19. The van der Waals surface area contributed by atoms with Gasteiger partial charge in [-0.2, -0.15) is 0 Å². The number of unbranched alkanes of at least 4 members (excludes halogenated alkanes) is 1. The molecule has 3 N–H and O–H groups in total. The number of nitrogens with one attached hydrogen (secondary N) is 1. The summed E-state index contributed by atoms with van der Waals surface area (Å²) in [6, 6.07) is 6.77. The third-order valence-corrected chi connectivity index (χ3v) is 3.59. The van der Waals surface area contributed by atoms with Crippen LogP contribution in [0.1, 0.15) is 46.0 Å². The molecule has 0 saturated carbocycles. The van der Waals surface area contributed by atoms with Gasteiger partial charge in [-0.05, 0) is 53.6 Å². The van der Waals surface area contributed by atoms with Crippen molar-refractivity contribution in [2.75, 3.05) is 11.1 Å². The Morgan fingerprint density at radius 3 is 2.59 bits per heavy atom. The van der Waals surface area contributed by atoms with Crippen molar-refractivity contribution in [3.63, 3.8) is 0 Å². The average molecular weight is 346 g/mol. The number of hydrogen-bond donors (Lipinski definition) is 2. The van der Waals surface area contributed by atoms with Gasteiger partial charge in [-0.3, -0.25) is 0 Å². The van der Waals surface area contributed by atoms with Gasteiger partial charge in [0.2, 0.25) is 0 Å². The molecule has 0 bridgehead atoms. The number of benzene rings is 1. The molecule has 17 heavy (non-hydrogen) atoms. The Kier molecular flexibility index (Phi) is 6.70. The Balaban J connectivity index is 2.64. The fraction of sp³-hybridized carbons (Fsp3) is 0.571. The SMILES string of the molecule is CCCCC(CCC)Nc1ccc(I)cc1N. The van der Waals surface area contributed by atoms with Crippen molar-refractivity contribution in [3.8, 4) is 0 Å². The Morgan fingerprint density at radius 2 is 2.00 bits per heavy atom. The molecule has 0 fully saturated rings. The highest BCUT2D eigenvalue weighted by Crippen LogP contribution is 2.23. The van der Waals surface area contributed by atoms with Crippen molar-refractivity contribution >= 4 is 34.0 Å². The lowest BCUT2D eigenvalue weighted by molar-refractivity contribution is 0.564. The van der Waals surface area contributed by atoms with Gasteiger partial charge in [0.1, 0.15) is 0 Å². The third-order valence-electron chi connectivity index (χ3n) is 2.92. The zero-order valence-corrected chi connectivity index (χ0v) is 13.0. The van der Waals surface area contributed by atoms with E-state index in [0.717, 1.165) is 11.4 Å². The molecule has 0 aliphatic carbocycles. The van der Waals surface area contributed by atoms with Crippen molar-refractivity contribution in [3.05, 3.63) is 21.8 Å². The molecule has 0 aromatic heterocycles. The molecule has 1 atom stereocenters. The number of anilines is 2.